The molecule has 8 heteroatoms. The van der Waals surface area contributed by atoms with E-state index in [-0.39, 0.29) is 18.1 Å². The number of para-hydroxylation sites is 1. The number of benzene rings is 1. The molecule has 0 aliphatic heterocycles. The monoisotopic (exact) mass is 352 g/mol. The van der Waals surface area contributed by atoms with Gasteiger partial charge in [-0.05, 0) is 34.5 Å². The molecule has 110 valence electrons. The van der Waals surface area contributed by atoms with Crippen molar-refractivity contribution in [3.63, 3.8) is 0 Å². The molecule has 0 bridgehead atoms. The summed E-state index contributed by atoms with van der Waals surface area (Å²) < 4.78 is 2.06. The number of amides is 1. The van der Waals surface area contributed by atoms with Crippen LogP contribution in [0.2, 0.25) is 0 Å². The van der Waals surface area contributed by atoms with E-state index in [9.17, 15) is 9.59 Å². The highest BCUT2D eigenvalue weighted by Gasteiger charge is 2.19. The van der Waals surface area contributed by atoms with Gasteiger partial charge in [0.15, 0.2) is 5.69 Å². The number of nitrogens with zero attached hydrogens (tertiary/aromatic N) is 3. The summed E-state index contributed by atoms with van der Waals surface area (Å²) in [4.78, 5) is 23.0. The Labute approximate surface area is 129 Å². The molecule has 0 unspecified atom stereocenters. The molecule has 1 amide bonds. The highest BCUT2D eigenvalue weighted by molar-refractivity contribution is 9.10. The lowest BCUT2D eigenvalue weighted by molar-refractivity contribution is -0.117. The maximum atomic E-state index is 12.0. The summed E-state index contributed by atoms with van der Waals surface area (Å²) in [5.41, 5.74) is 0.940. The van der Waals surface area contributed by atoms with E-state index in [1.807, 2.05) is 12.1 Å². The molecule has 0 saturated carbocycles. The van der Waals surface area contributed by atoms with Gasteiger partial charge < -0.3 is 10.4 Å². The van der Waals surface area contributed by atoms with Gasteiger partial charge in [-0.25, -0.2) is 9.48 Å². The fourth-order valence-electron chi connectivity index (χ4n) is 1.86. The standard InChI is InChI=1S/C13H13BrN4O3/c1-2-10-12(13(20)21)16-17-18(10)7-11(19)15-9-6-4-3-5-8(9)14/h3-6H,2,7H2,1H3,(H,15,19)(H,20,21). The van der Waals surface area contributed by atoms with Crippen LogP contribution in [0.15, 0.2) is 28.7 Å². The second-order valence-electron chi connectivity index (χ2n) is 4.23. The van der Waals surface area contributed by atoms with Gasteiger partial charge in [0.05, 0.1) is 11.4 Å². The molecule has 21 heavy (non-hydrogen) atoms. The smallest absolute Gasteiger partial charge is 0.358 e. The van der Waals surface area contributed by atoms with E-state index in [1.165, 1.54) is 4.68 Å². The Morgan fingerprint density at radius 2 is 2.10 bits per heavy atom. The van der Waals surface area contributed by atoms with Crippen LogP contribution in [0.25, 0.3) is 0 Å². The Balaban J connectivity index is 2.13. The molecule has 2 rings (SSSR count). The molecule has 7 nitrogen and oxygen atoms in total. The summed E-state index contributed by atoms with van der Waals surface area (Å²) in [5.74, 6) is -1.46. The summed E-state index contributed by atoms with van der Waals surface area (Å²) in [7, 11) is 0. The molecule has 2 N–H and O–H groups in total. The van der Waals surface area contributed by atoms with E-state index in [1.54, 1.807) is 19.1 Å². The first kappa shape index (κ1) is 15.2. The fourth-order valence-corrected chi connectivity index (χ4v) is 2.25. The topological polar surface area (TPSA) is 97.1 Å². The minimum atomic E-state index is -1.15. The van der Waals surface area contributed by atoms with Gasteiger partial charge >= 0.3 is 5.97 Å². The number of carbonyl (C=O) groups is 2. The number of anilines is 1. The number of aromatic nitrogens is 3. The highest BCUT2D eigenvalue weighted by Crippen LogP contribution is 2.21. The predicted octanol–water partition coefficient (Wildman–Crippen LogP) is 1.94. The van der Waals surface area contributed by atoms with Crippen LogP contribution in [0, 0.1) is 0 Å². The van der Waals surface area contributed by atoms with Crippen molar-refractivity contribution in [2.75, 3.05) is 5.32 Å². The quantitative estimate of drug-likeness (QED) is 0.856. The van der Waals surface area contributed by atoms with Gasteiger partial charge in [0.25, 0.3) is 0 Å². The molecule has 0 spiro atoms. The third-order valence-electron chi connectivity index (χ3n) is 2.82. The second kappa shape index (κ2) is 6.49. The minimum absolute atomic E-state index is 0.0925. The van der Waals surface area contributed by atoms with Crippen LogP contribution < -0.4 is 5.32 Å². The number of carboxylic acid groups (broad SMARTS) is 1. The molecular formula is C13H13BrN4O3. The Bertz CT molecular complexity index is 684. The molecule has 0 atom stereocenters. The summed E-state index contributed by atoms with van der Waals surface area (Å²) in [5, 5.41) is 19.0. The number of halogens is 1. The van der Waals surface area contributed by atoms with E-state index in [2.05, 4.69) is 31.6 Å². The van der Waals surface area contributed by atoms with Crippen molar-refractivity contribution < 1.29 is 14.7 Å². The van der Waals surface area contributed by atoms with E-state index < -0.39 is 5.97 Å². The van der Waals surface area contributed by atoms with Crippen molar-refractivity contribution in [1.82, 2.24) is 15.0 Å². The fraction of sp³-hybridized carbons (Fsp3) is 0.231. The van der Waals surface area contributed by atoms with Crippen LogP contribution >= 0.6 is 15.9 Å². The van der Waals surface area contributed by atoms with Gasteiger partial charge in [-0.2, -0.15) is 0 Å². The maximum Gasteiger partial charge on any atom is 0.358 e. The third kappa shape index (κ3) is 3.46. The molecule has 0 aliphatic rings. The largest absolute Gasteiger partial charge is 0.476 e. The van der Waals surface area contributed by atoms with Crippen molar-refractivity contribution in [2.45, 2.75) is 19.9 Å². The number of carbonyl (C=O) groups excluding carboxylic acids is 1. The highest BCUT2D eigenvalue weighted by atomic mass is 79.9. The first-order valence-electron chi connectivity index (χ1n) is 6.23. The molecule has 0 radical (unpaired) electrons. The lowest BCUT2D eigenvalue weighted by Crippen LogP contribution is -2.21. The zero-order valence-corrected chi connectivity index (χ0v) is 12.8. The van der Waals surface area contributed by atoms with E-state index in [0.717, 1.165) is 4.47 Å². The summed E-state index contributed by atoms with van der Waals surface area (Å²) in [6.45, 7) is 1.69. The molecule has 0 fully saturated rings. The lowest BCUT2D eigenvalue weighted by atomic mass is 10.2. The Morgan fingerprint density at radius 3 is 2.71 bits per heavy atom. The number of nitrogens with one attached hydrogen (secondary N) is 1. The van der Waals surface area contributed by atoms with Crippen LogP contribution in [0.1, 0.15) is 23.1 Å². The van der Waals surface area contributed by atoms with E-state index in [4.69, 9.17) is 5.11 Å². The Morgan fingerprint density at radius 1 is 1.38 bits per heavy atom. The van der Waals surface area contributed by atoms with E-state index >= 15 is 0 Å². The maximum absolute atomic E-state index is 12.0. The first-order chi connectivity index (χ1) is 10.0. The number of carboxylic acids is 1. The molecule has 0 aliphatic carbocycles. The van der Waals surface area contributed by atoms with Crippen LogP contribution in [-0.4, -0.2) is 32.0 Å². The Kier molecular flexibility index (Phi) is 4.69. The van der Waals surface area contributed by atoms with Crippen LogP contribution in [0.5, 0.6) is 0 Å². The summed E-state index contributed by atoms with van der Waals surface area (Å²) >= 11 is 3.33. The van der Waals surface area contributed by atoms with E-state index in [0.29, 0.717) is 17.8 Å². The van der Waals surface area contributed by atoms with Gasteiger partial charge in [-0.3, -0.25) is 4.79 Å². The summed E-state index contributed by atoms with van der Waals surface area (Å²) in [6, 6.07) is 7.21. The normalized spacial score (nSPS) is 10.4. The Hall–Kier alpha value is -2.22. The van der Waals surface area contributed by atoms with Crippen LogP contribution in [-0.2, 0) is 17.8 Å². The third-order valence-corrected chi connectivity index (χ3v) is 3.51. The SMILES string of the molecule is CCc1c(C(=O)O)nnn1CC(=O)Nc1ccccc1Br. The molecule has 1 aromatic heterocycles. The number of aromatic carboxylic acids is 1. The average molecular weight is 353 g/mol. The van der Waals surface area contributed by atoms with Crippen molar-refractivity contribution in [1.29, 1.82) is 0 Å². The molecule has 1 heterocycles. The van der Waals surface area contributed by atoms with Crippen molar-refractivity contribution in [2.24, 2.45) is 0 Å². The number of hydrogen-bond donors (Lipinski definition) is 2. The van der Waals surface area contributed by atoms with Crippen LogP contribution in [0.4, 0.5) is 5.69 Å². The average Bonchev–Trinajstić information content (AvgIpc) is 2.84. The first-order valence-corrected chi connectivity index (χ1v) is 7.02. The zero-order valence-electron chi connectivity index (χ0n) is 11.2. The molecule has 1 aromatic carbocycles. The molecular weight excluding hydrogens is 340 g/mol. The number of hydrogen-bond acceptors (Lipinski definition) is 4. The summed E-state index contributed by atoms with van der Waals surface area (Å²) in [6.07, 6.45) is 0.428. The van der Waals surface area contributed by atoms with Crippen LogP contribution in [0.3, 0.4) is 0 Å². The van der Waals surface area contributed by atoms with Crippen molar-refractivity contribution >= 4 is 33.5 Å². The second-order valence-corrected chi connectivity index (χ2v) is 5.08. The number of rotatable bonds is 5. The lowest BCUT2D eigenvalue weighted by Gasteiger charge is -2.08. The van der Waals surface area contributed by atoms with Gasteiger partial charge in [0.2, 0.25) is 5.91 Å². The molecule has 2 aromatic rings. The predicted molar refractivity (Wildman–Crippen MR) is 79.1 cm³/mol. The minimum Gasteiger partial charge on any atom is -0.476 e. The zero-order chi connectivity index (χ0) is 15.4. The van der Waals surface area contributed by atoms with Crippen molar-refractivity contribution in [3.05, 3.63) is 40.1 Å². The van der Waals surface area contributed by atoms with Gasteiger partial charge in [0.1, 0.15) is 6.54 Å². The van der Waals surface area contributed by atoms with Gasteiger partial charge in [-0.1, -0.05) is 24.3 Å². The van der Waals surface area contributed by atoms with Gasteiger partial charge in [0, 0.05) is 4.47 Å². The van der Waals surface area contributed by atoms with Gasteiger partial charge in [-0.15, -0.1) is 5.10 Å². The molecule has 0 saturated heterocycles. The van der Waals surface area contributed by atoms with Crippen molar-refractivity contribution in [3.8, 4) is 0 Å².